The molecule has 20 heavy (non-hydrogen) atoms. The highest BCUT2D eigenvalue weighted by atomic mass is 16.1. The van der Waals surface area contributed by atoms with E-state index in [-0.39, 0.29) is 5.91 Å². The van der Waals surface area contributed by atoms with Gasteiger partial charge in [-0.2, -0.15) is 0 Å². The molecule has 0 atom stereocenters. The third-order valence-corrected chi connectivity index (χ3v) is 2.98. The highest BCUT2D eigenvalue weighted by Crippen LogP contribution is 2.16. The van der Waals surface area contributed by atoms with Crippen LogP contribution in [0.4, 0.5) is 11.5 Å². The Morgan fingerprint density at radius 3 is 2.50 bits per heavy atom. The largest absolute Gasteiger partial charge is 0.324 e. The van der Waals surface area contributed by atoms with Crippen molar-refractivity contribution < 1.29 is 4.79 Å². The van der Waals surface area contributed by atoms with Crippen molar-refractivity contribution >= 4 is 17.4 Å². The molecule has 0 bridgehead atoms. The van der Waals surface area contributed by atoms with Gasteiger partial charge in [0.1, 0.15) is 5.82 Å². The van der Waals surface area contributed by atoms with Gasteiger partial charge in [-0.3, -0.25) is 10.6 Å². The summed E-state index contributed by atoms with van der Waals surface area (Å²) in [7, 11) is 0. The van der Waals surface area contributed by atoms with Gasteiger partial charge in [0.2, 0.25) is 0 Å². The summed E-state index contributed by atoms with van der Waals surface area (Å²) in [5, 5.41) is 2.80. The summed E-state index contributed by atoms with van der Waals surface area (Å²) in [5.41, 5.74) is 6.80. The van der Waals surface area contributed by atoms with E-state index in [2.05, 4.69) is 15.7 Å². The van der Waals surface area contributed by atoms with E-state index in [0.717, 1.165) is 22.5 Å². The molecule has 4 N–H and O–H groups in total. The lowest BCUT2D eigenvalue weighted by Crippen LogP contribution is -2.14. The third-order valence-electron chi connectivity index (χ3n) is 2.98. The molecule has 5 heteroatoms. The predicted octanol–water partition coefficient (Wildman–Crippen LogP) is 2.54. The van der Waals surface area contributed by atoms with E-state index >= 15 is 0 Å². The number of amides is 1. The third kappa shape index (κ3) is 3.13. The minimum absolute atomic E-state index is 0.186. The van der Waals surface area contributed by atoms with Crippen LogP contribution in [-0.2, 0) is 0 Å². The molecule has 0 fully saturated rings. The number of anilines is 2. The van der Waals surface area contributed by atoms with Crippen molar-refractivity contribution in [3.63, 3.8) is 0 Å². The Morgan fingerprint density at radius 1 is 1.15 bits per heavy atom. The molecule has 1 aromatic heterocycles. The fourth-order valence-corrected chi connectivity index (χ4v) is 2.06. The summed E-state index contributed by atoms with van der Waals surface area (Å²) in [6.07, 6.45) is 0. The first-order valence-electron chi connectivity index (χ1n) is 6.33. The summed E-state index contributed by atoms with van der Waals surface area (Å²) < 4.78 is 0. The van der Waals surface area contributed by atoms with Gasteiger partial charge < -0.3 is 10.7 Å². The summed E-state index contributed by atoms with van der Waals surface area (Å²) in [6, 6.07) is 9.08. The van der Waals surface area contributed by atoms with E-state index in [1.54, 1.807) is 18.2 Å². The Hall–Kier alpha value is -2.40. The van der Waals surface area contributed by atoms with Gasteiger partial charge in [-0.25, -0.2) is 4.98 Å². The van der Waals surface area contributed by atoms with E-state index in [4.69, 9.17) is 5.84 Å². The molecular weight excluding hydrogens is 252 g/mol. The number of aromatic nitrogens is 1. The average molecular weight is 270 g/mol. The average Bonchev–Trinajstić information content (AvgIpc) is 2.37. The number of nitrogens with zero attached hydrogens (tertiary/aromatic N) is 1. The molecule has 1 heterocycles. The number of hydrazine groups is 1. The number of pyridine rings is 1. The minimum atomic E-state index is -0.186. The van der Waals surface area contributed by atoms with Crippen molar-refractivity contribution in [2.24, 2.45) is 5.84 Å². The molecule has 0 unspecified atom stereocenters. The summed E-state index contributed by atoms with van der Waals surface area (Å²) in [4.78, 5) is 16.5. The SMILES string of the molecule is Cc1cc(C)nc(NC(=O)c2ccc(NN)c(C)c2)c1. The zero-order chi connectivity index (χ0) is 14.7. The van der Waals surface area contributed by atoms with Crippen molar-refractivity contribution in [2.45, 2.75) is 20.8 Å². The molecule has 0 radical (unpaired) electrons. The van der Waals surface area contributed by atoms with Crippen LogP contribution < -0.4 is 16.6 Å². The monoisotopic (exact) mass is 270 g/mol. The molecule has 104 valence electrons. The fraction of sp³-hybridized carbons (Fsp3) is 0.200. The van der Waals surface area contributed by atoms with E-state index in [1.807, 2.05) is 32.9 Å². The van der Waals surface area contributed by atoms with Crippen LogP contribution in [0.5, 0.6) is 0 Å². The van der Waals surface area contributed by atoms with Gasteiger partial charge in [-0.1, -0.05) is 0 Å². The van der Waals surface area contributed by atoms with Crippen molar-refractivity contribution in [2.75, 3.05) is 10.7 Å². The quantitative estimate of drug-likeness (QED) is 0.591. The highest BCUT2D eigenvalue weighted by Gasteiger charge is 2.09. The van der Waals surface area contributed by atoms with Crippen molar-refractivity contribution in [1.29, 1.82) is 0 Å². The number of nitrogens with one attached hydrogen (secondary N) is 2. The fourth-order valence-electron chi connectivity index (χ4n) is 2.06. The number of carbonyl (C=O) groups excluding carboxylic acids is 1. The van der Waals surface area contributed by atoms with Gasteiger partial charge in [-0.15, -0.1) is 0 Å². The van der Waals surface area contributed by atoms with Gasteiger partial charge >= 0.3 is 0 Å². The Kier molecular flexibility index (Phi) is 4.00. The minimum Gasteiger partial charge on any atom is -0.324 e. The summed E-state index contributed by atoms with van der Waals surface area (Å²) in [6.45, 7) is 5.76. The van der Waals surface area contributed by atoms with Crippen molar-refractivity contribution in [1.82, 2.24) is 4.98 Å². The zero-order valence-corrected chi connectivity index (χ0v) is 11.8. The van der Waals surface area contributed by atoms with Crippen LogP contribution in [-0.4, -0.2) is 10.9 Å². The Bertz CT molecular complexity index is 632. The van der Waals surface area contributed by atoms with Crippen LogP contribution in [0.1, 0.15) is 27.2 Å². The van der Waals surface area contributed by atoms with Gasteiger partial charge in [0.15, 0.2) is 0 Å². The van der Waals surface area contributed by atoms with Gasteiger partial charge in [-0.05, 0) is 62.2 Å². The number of nitrogen functional groups attached to an aromatic ring is 1. The number of carbonyl (C=O) groups is 1. The highest BCUT2D eigenvalue weighted by molar-refractivity contribution is 6.04. The van der Waals surface area contributed by atoms with Crippen LogP contribution in [0.2, 0.25) is 0 Å². The van der Waals surface area contributed by atoms with Crippen LogP contribution >= 0.6 is 0 Å². The Labute approximate surface area is 118 Å². The van der Waals surface area contributed by atoms with Gasteiger partial charge in [0.25, 0.3) is 5.91 Å². The van der Waals surface area contributed by atoms with E-state index in [1.165, 1.54) is 0 Å². The zero-order valence-electron chi connectivity index (χ0n) is 11.8. The molecule has 1 aromatic carbocycles. The number of aryl methyl sites for hydroxylation is 3. The maximum atomic E-state index is 12.2. The van der Waals surface area contributed by atoms with Crippen LogP contribution in [0, 0.1) is 20.8 Å². The number of rotatable bonds is 3. The second kappa shape index (κ2) is 5.71. The molecule has 0 aliphatic heterocycles. The second-order valence-corrected chi connectivity index (χ2v) is 4.80. The van der Waals surface area contributed by atoms with Crippen molar-refractivity contribution in [3.8, 4) is 0 Å². The molecule has 5 nitrogen and oxygen atoms in total. The Morgan fingerprint density at radius 2 is 1.90 bits per heavy atom. The molecule has 0 aliphatic rings. The molecule has 2 aromatic rings. The second-order valence-electron chi connectivity index (χ2n) is 4.80. The van der Waals surface area contributed by atoms with E-state index in [0.29, 0.717) is 11.4 Å². The van der Waals surface area contributed by atoms with Gasteiger partial charge in [0.05, 0.1) is 5.69 Å². The molecular formula is C15H18N4O. The maximum Gasteiger partial charge on any atom is 0.256 e. The van der Waals surface area contributed by atoms with E-state index < -0.39 is 0 Å². The molecule has 0 spiro atoms. The Balaban J connectivity index is 2.21. The van der Waals surface area contributed by atoms with Crippen LogP contribution in [0.3, 0.4) is 0 Å². The number of hydrogen-bond donors (Lipinski definition) is 3. The smallest absolute Gasteiger partial charge is 0.256 e. The summed E-state index contributed by atoms with van der Waals surface area (Å²) >= 11 is 0. The number of hydrogen-bond acceptors (Lipinski definition) is 4. The normalized spacial score (nSPS) is 10.2. The molecule has 0 saturated heterocycles. The van der Waals surface area contributed by atoms with Crippen LogP contribution in [0.15, 0.2) is 30.3 Å². The molecule has 1 amide bonds. The van der Waals surface area contributed by atoms with E-state index in [9.17, 15) is 4.79 Å². The first-order valence-corrected chi connectivity index (χ1v) is 6.33. The number of nitrogens with two attached hydrogens (primary N) is 1. The van der Waals surface area contributed by atoms with Crippen LogP contribution in [0.25, 0.3) is 0 Å². The maximum absolute atomic E-state index is 12.2. The van der Waals surface area contributed by atoms with Gasteiger partial charge in [0, 0.05) is 11.3 Å². The lowest BCUT2D eigenvalue weighted by atomic mass is 10.1. The lowest BCUT2D eigenvalue weighted by molar-refractivity contribution is 0.102. The van der Waals surface area contributed by atoms with Crippen molar-refractivity contribution in [3.05, 3.63) is 52.7 Å². The molecule has 0 saturated carbocycles. The summed E-state index contributed by atoms with van der Waals surface area (Å²) in [5.74, 6) is 5.75. The predicted molar refractivity (Wildman–Crippen MR) is 80.7 cm³/mol. The first kappa shape index (κ1) is 14.0. The topological polar surface area (TPSA) is 80.0 Å². The first-order chi connectivity index (χ1) is 9.49. The lowest BCUT2D eigenvalue weighted by Gasteiger charge is -2.09. The molecule has 2 rings (SSSR count). The molecule has 0 aliphatic carbocycles. The number of benzene rings is 1. The standard InChI is InChI=1S/C15H18N4O/c1-9-6-11(3)17-14(7-9)18-15(20)12-4-5-13(19-16)10(2)8-12/h4-8,19H,16H2,1-3H3,(H,17,18,20).